The molecule has 0 aromatic carbocycles. The fourth-order valence-electron chi connectivity index (χ4n) is 1.35. The number of carboxylic acid groups (broad SMARTS) is 1. The monoisotopic (exact) mass is 201 g/mol. The SMILES string of the molecule is CNC(CCOCCC1CC1)C(=O)O. The van der Waals surface area contributed by atoms with Crippen LogP contribution in [0.2, 0.25) is 0 Å². The molecule has 82 valence electrons. The molecule has 1 fully saturated rings. The average molecular weight is 201 g/mol. The second kappa shape index (κ2) is 5.98. The van der Waals surface area contributed by atoms with Crippen LogP contribution < -0.4 is 5.32 Å². The molecule has 0 amide bonds. The Morgan fingerprint density at radius 1 is 1.57 bits per heavy atom. The van der Waals surface area contributed by atoms with Gasteiger partial charge in [-0.2, -0.15) is 0 Å². The first kappa shape index (κ1) is 11.5. The number of likely N-dealkylation sites (N-methyl/N-ethyl adjacent to an activating group) is 1. The molecule has 4 nitrogen and oxygen atoms in total. The van der Waals surface area contributed by atoms with Crippen LogP contribution in [0.15, 0.2) is 0 Å². The summed E-state index contributed by atoms with van der Waals surface area (Å²) < 4.78 is 5.36. The molecule has 4 heteroatoms. The van der Waals surface area contributed by atoms with Crippen molar-refractivity contribution in [1.82, 2.24) is 5.32 Å². The normalized spacial score (nSPS) is 18.1. The first-order valence-electron chi connectivity index (χ1n) is 5.22. The number of rotatable bonds is 8. The molecule has 0 aromatic rings. The summed E-state index contributed by atoms with van der Waals surface area (Å²) in [6.45, 7) is 1.31. The van der Waals surface area contributed by atoms with Crippen molar-refractivity contribution >= 4 is 5.97 Å². The third-order valence-corrected chi connectivity index (χ3v) is 2.56. The lowest BCUT2D eigenvalue weighted by Crippen LogP contribution is -2.34. The van der Waals surface area contributed by atoms with Crippen molar-refractivity contribution in [2.45, 2.75) is 31.7 Å². The van der Waals surface area contributed by atoms with Crippen LogP contribution in [-0.4, -0.2) is 37.4 Å². The molecule has 1 unspecified atom stereocenters. The molecule has 1 atom stereocenters. The summed E-state index contributed by atoms with van der Waals surface area (Å²) in [6.07, 6.45) is 4.36. The highest BCUT2D eigenvalue weighted by atomic mass is 16.5. The Morgan fingerprint density at radius 2 is 2.29 bits per heavy atom. The van der Waals surface area contributed by atoms with Crippen LogP contribution in [0.3, 0.4) is 0 Å². The number of nitrogens with one attached hydrogen (secondary N) is 1. The van der Waals surface area contributed by atoms with Crippen molar-refractivity contribution in [1.29, 1.82) is 0 Å². The maximum atomic E-state index is 10.6. The molecule has 1 saturated carbocycles. The third kappa shape index (κ3) is 4.58. The fraction of sp³-hybridized carbons (Fsp3) is 0.900. The van der Waals surface area contributed by atoms with Gasteiger partial charge in [0.1, 0.15) is 6.04 Å². The van der Waals surface area contributed by atoms with Crippen LogP contribution in [-0.2, 0) is 9.53 Å². The minimum atomic E-state index is -0.807. The first-order valence-corrected chi connectivity index (χ1v) is 5.22. The highest BCUT2D eigenvalue weighted by Gasteiger charge is 2.20. The van der Waals surface area contributed by atoms with Crippen LogP contribution in [0.4, 0.5) is 0 Å². The standard InChI is InChI=1S/C10H19NO3/c1-11-9(10(12)13)5-7-14-6-4-8-2-3-8/h8-9,11H,2-7H2,1H3,(H,12,13). The van der Waals surface area contributed by atoms with E-state index >= 15 is 0 Å². The van der Waals surface area contributed by atoms with Crippen LogP contribution in [0, 0.1) is 5.92 Å². The highest BCUT2D eigenvalue weighted by molar-refractivity contribution is 5.73. The van der Waals surface area contributed by atoms with Gasteiger partial charge < -0.3 is 15.2 Å². The summed E-state index contributed by atoms with van der Waals surface area (Å²) in [4.78, 5) is 10.6. The predicted octanol–water partition coefficient (Wildman–Crippen LogP) is 0.866. The maximum absolute atomic E-state index is 10.6. The van der Waals surface area contributed by atoms with Gasteiger partial charge in [0.25, 0.3) is 0 Å². The summed E-state index contributed by atoms with van der Waals surface area (Å²) in [5, 5.41) is 11.4. The molecule has 1 rings (SSSR count). The Balaban J connectivity index is 1.92. The van der Waals surface area contributed by atoms with Crippen LogP contribution >= 0.6 is 0 Å². The van der Waals surface area contributed by atoms with Crippen LogP contribution in [0.25, 0.3) is 0 Å². The van der Waals surface area contributed by atoms with E-state index in [4.69, 9.17) is 9.84 Å². The number of carbonyl (C=O) groups is 1. The van der Waals surface area contributed by atoms with Crippen molar-refractivity contribution in [2.75, 3.05) is 20.3 Å². The molecular formula is C10H19NO3. The number of carboxylic acids is 1. The molecule has 1 aliphatic rings. The van der Waals surface area contributed by atoms with E-state index in [1.807, 2.05) is 0 Å². The van der Waals surface area contributed by atoms with E-state index in [0.717, 1.165) is 18.9 Å². The number of hydrogen-bond donors (Lipinski definition) is 2. The second-order valence-electron chi connectivity index (χ2n) is 3.81. The van der Waals surface area contributed by atoms with Crippen LogP contribution in [0.1, 0.15) is 25.7 Å². The van der Waals surface area contributed by atoms with Gasteiger partial charge in [-0.25, -0.2) is 0 Å². The molecule has 0 aromatic heterocycles. The van der Waals surface area contributed by atoms with Gasteiger partial charge in [0.2, 0.25) is 0 Å². The van der Waals surface area contributed by atoms with Crippen molar-refractivity contribution in [3.05, 3.63) is 0 Å². The lowest BCUT2D eigenvalue weighted by atomic mass is 10.2. The van der Waals surface area contributed by atoms with E-state index in [1.54, 1.807) is 7.05 Å². The van der Waals surface area contributed by atoms with Gasteiger partial charge in [0.05, 0.1) is 0 Å². The molecule has 1 aliphatic carbocycles. The second-order valence-corrected chi connectivity index (χ2v) is 3.81. The summed E-state index contributed by atoms with van der Waals surface area (Å²) in [5.74, 6) is 0.0767. The summed E-state index contributed by atoms with van der Waals surface area (Å²) in [5.41, 5.74) is 0. The molecule has 0 radical (unpaired) electrons. The van der Waals surface area contributed by atoms with Crippen molar-refractivity contribution in [3.63, 3.8) is 0 Å². The Morgan fingerprint density at radius 3 is 2.79 bits per heavy atom. The zero-order valence-corrected chi connectivity index (χ0v) is 8.66. The lowest BCUT2D eigenvalue weighted by Gasteiger charge is -2.10. The molecule has 0 saturated heterocycles. The van der Waals surface area contributed by atoms with Crippen molar-refractivity contribution < 1.29 is 14.6 Å². The topological polar surface area (TPSA) is 58.6 Å². The molecular weight excluding hydrogens is 182 g/mol. The summed E-state index contributed by atoms with van der Waals surface area (Å²) in [7, 11) is 1.66. The van der Waals surface area contributed by atoms with Gasteiger partial charge in [0.15, 0.2) is 0 Å². The van der Waals surface area contributed by atoms with E-state index in [-0.39, 0.29) is 0 Å². The zero-order valence-electron chi connectivity index (χ0n) is 8.66. The van der Waals surface area contributed by atoms with Gasteiger partial charge in [0, 0.05) is 13.2 Å². The van der Waals surface area contributed by atoms with Gasteiger partial charge >= 0.3 is 5.97 Å². The quantitative estimate of drug-likeness (QED) is 0.572. The van der Waals surface area contributed by atoms with E-state index in [9.17, 15) is 4.79 Å². The van der Waals surface area contributed by atoms with Crippen molar-refractivity contribution in [3.8, 4) is 0 Å². The van der Waals surface area contributed by atoms with E-state index < -0.39 is 12.0 Å². The number of aliphatic carboxylic acids is 1. The van der Waals surface area contributed by atoms with Gasteiger partial charge in [-0.15, -0.1) is 0 Å². The molecule has 0 spiro atoms. The minimum absolute atomic E-state index is 0.476. The van der Waals surface area contributed by atoms with Gasteiger partial charge in [-0.1, -0.05) is 12.8 Å². The summed E-state index contributed by atoms with van der Waals surface area (Å²) >= 11 is 0. The lowest BCUT2D eigenvalue weighted by molar-refractivity contribution is -0.139. The van der Waals surface area contributed by atoms with Gasteiger partial charge in [-0.05, 0) is 25.8 Å². The summed E-state index contributed by atoms with van der Waals surface area (Å²) in [6, 6.07) is -0.476. The zero-order chi connectivity index (χ0) is 10.4. The fourth-order valence-corrected chi connectivity index (χ4v) is 1.35. The molecule has 0 heterocycles. The van der Waals surface area contributed by atoms with Gasteiger partial charge in [-0.3, -0.25) is 4.79 Å². The highest BCUT2D eigenvalue weighted by Crippen LogP contribution is 2.32. The largest absolute Gasteiger partial charge is 0.480 e. The van der Waals surface area contributed by atoms with Crippen molar-refractivity contribution in [2.24, 2.45) is 5.92 Å². The Kier molecular flexibility index (Phi) is 4.90. The number of ether oxygens (including phenoxy) is 1. The molecule has 0 aliphatic heterocycles. The van der Waals surface area contributed by atoms with E-state index in [1.165, 1.54) is 12.8 Å². The predicted molar refractivity (Wildman–Crippen MR) is 53.3 cm³/mol. The van der Waals surface area contributed by atoms with E-state index in [2.05, 4.69) is 5.32 Å². The molecule has 14 heavy (non-hydrogen) atoms. The Hall–Kier alpha value is -0.610. The maximum Gasteiger partial charge on any atom is 0.320 e. The van der Waals surface area contributed by atoms with Crippen LogP contribution in [0.5, 0.6) is 0 Å². The first-order chi connectivity index (χ1) is 6.74. The average Bonchev–Trinajstić information content (AvgIpc) is 2.94. The molecule has 2 N–H and O–H groups in total. The number of hydrogen-bond acceptors (Lipinski definition) is 3. The minimum Gasteiger partial charge on any atom is -0.480 e. The molecule has 0 bridgehead atoms. The smallest absolute Gasteiger partial charge is 0.320 e. The third-order valence-electron chi connectivity index (χ3n) is 2.56. The van der Waals surface area contributed by atoms with E-state index in [0.29, 0.717) is 13.0 Å². The Labute approximate surface area is 84.6 Å². The Bertz CT molecular complexity index is 180.